The Labute approximate surface area is 491 Å². The van der Waals surface area contributed by atoms with Gasteiger partial charge >= 0.3 is 0 Å². The van der Waals surface area contributed by atoms with E-state index in [0.717, 1.165) is 0 Å². The first-order chi connectivity index (χ1) is 40.4. The summed E-state index contributed by atoms with van der Waals surface area (Å²) in [5.41, 5.74) is 28.6. The van der Waals surface area contributed by atoms with Gasteiger partial charge in [0.1, 0.15) is 0 Å². The van der Waals surface area contributed by atoms with Gasteiger partial charge in [0.05, 0.1) is 0 Å². The molecule has 0 nitrogen and oxygen atoms in total. The highest BCUT2D eigenvalue weighted by Crippen LogP contribution is 2.91. The Morgan fingerprint density at radius 1 is 0.176 bits per heavy atom. The summed E-state index contributed by atoms with van der Waals surface area (Å²) < 4.78 is 0. The molecule has 0 aliphatic heterocycles. The zero-order valence-electron chi connectivity index (χ0n) is 51.0. The van der Waals surface area contributed by atoms with Crippen molar-refractivity contribution in [1.29, 1.82) is 0 Å². The first-order valence-corrected chi connectivity index (χ1v) is 52.1. The van der Waals surface area contributed by atoms with Crippen LogP contribution in [0.4, 0.5) is 0 Å². The van der Waals surface area contributed by atoms with Crippen molar-refractivity contribution >= 4 is 256 Å². The lowest BCUT2D eigenvalue weighted by Gasteiger charge is -2.63. The van der Waals surface area contributed by atoms with E-state index in [1.165, 1.54) is 30.2 Å². The molecule has 0 spiro atoms. The lowest BCUT2D eigenvalue weighted by molar-refractivity contribution is 0.515. The van der Waals surface area contributed by atoms with E-state index in [9.17, 15) is 0 Å². The van der Waals surface area contributed by atoms with Crippen molar-refractivity contribution < 1.29 is 0 Å². The second-order valence-electron chi connectivity index (χ2n) is 38.8. The van der Waals surface area contributed by atoms with Gasteiger partial charge in [0.15, 0.2) is 0 Å². The number of hydrogen-bond donors (Lipinski definition) is 0. The van der Waals surface area contributed by atoms with Crippen LogP contribution in [-0.4, -0.2) is 40.4 Å². The quantitative estimate of drug-likeness (QED) is 0.0727. The van der Waals surface area contributed by atoms with Crippen LogP contribution in [-0.2, 0) is 27.1 Å². The van der Waals surface area contributed by atoms with Crippen molar-refractivity contribution in [1.82, 2.24) is 0 Å². The van der Waals surface area contributed by atoms with Crippen molar-refractivity contribution in [2.75, 3.05) is 0 Å². The normalized spacial score (nSPS) is 27.0. The Hall–Kier alpha value is -6.07. The Balaban J connectivity index is 1.12. The maximum absolute atomic E-state index is 2.85. The van der Waals surface area contributed by atoms with Crippen LogP contribution in [0, 0.1) is 0 Å². The molecule has 0 saturated carbocycles. The predicted molar refractivity (Wildman–Crippen MR) is 380 cm³/mol. The maximum atomic E-state index is 2.85. The van der Waals surface area contributed by atoms with Gasteiger partial charge in [0.2, 0.25) is 0 Å². The number of hydrogen-bond acceptors (Lipinski definition) is 0. The van der Waals surface area contributed by atoms with Crippen LogP contribution in [0.1, 0.15) is 83.5 Å². The molecule has 0 unspecified atom stereocenters. The topological polar surface area (TPSA) is 0 Å². The van der Waals surface area contributed by atoms with Gasteiger partial charge < -0.3 is 0 Å². The van der Waals surface area contributed by atoms with Crippen LogP contribution in [0.2, 0.25) is 128 Å². The Morgan fingerprint density at radius 2 is 0.329 bits per heavy atom. The van der Waals surface area contributed by atoms with E-state index in [0.29, 0.717) is 0 Å². The molecule has 22 aromatic carbocycles. The van der Waals surface area contributed by atoms with Crippen LogP contribution >= 0.6 is 0 Å². The van der Waals surface area contributed by atoms with Crippen molar-refractivity contribution in [2.45, 2.75) is 156 Å². The van der Waals surface area contributed by atoms with Crippen molar-refractivity contribution in [3.8, 4) is 0 Å². The van der Waals surface area contributed by atoms with Gasteiger partial charge in [-0.25, -0.2) is 0 Å². The monoisotopic (exact) mass is 1160 g/mol. The minimum Gasteiger partial charge on any atom is -0.175 e. The molecule has 85 heavy (non-hydrogen) atoms. The average Bonchev–Trinajstić information content (AvgIpc) is 1.38. The van der Waals surface area contributed by atoms with Crippen molar-refractivity contribution in [2.24, 2.45) is 0 Å². The molecule has 0 N–H and O–H groups in total. The van der Waals surface area contributed by atoms with Gasteiger partial charge in [-0.05, 0) is 294 Å². The van der Waals surface area contributed by atoms with Crippen LogP contribution in [0.15, 0.2) is 0 Å². The zero-order valence-corrected chi connectivity index (χ0v) is 56.0. The molecule has 5 heteroatoms. The zero-order chi connectivity index (χ0) is 55.3. The lowest BCUT2D eigenvalue weighted by atomic mass is 9.49. The number of benzene rings is 15. The maximum Gasteiger partial charge on any atom is 0.0457 e. The van der Waals surface area contributed by atoms with Gasteiger partial charge in [-0.15, -0.1) is 16.7 Å². The third-order valence-electron chi connectivity index (χ3n) is 29.1. The average molecular weight is 1160 g/mol. The van der Waals surface area contributed by atoms with E-state index in [1.807, 2.05) is 137 Å². The third-order valence-corrected chi connectivity index (χ3v) is 37.1. The molecule has 0 fully saturated rings. The molecule has 0 atom stereocenters. The largest absolute Gasteiger partial charge is 0.175 e. The van der Waals surface area contributed by atoms with Crippen LogP contribution in [0.3, 0.4) is 0 Å². The minimum absolute atomic E-state index is 0.186. The standard InChI is InChI=1S/C80H55Si5/c1-81(2,3)16-76-61-51-41-31-26-21-22-24-25-23(21)28-35-33(26)43(41)53-55-45(35)47-37(28)39-30(25)40-38-29(24)36-34-27(22)32(31)42-44(34)54-56-46(36)48(38)58-60-50(40)49(39)59-57(47)67-65(55)77(63(53)61,17-82(4,5)6)72-71(76)73-75-74(72)79(67,19-84(10,11)12)69(59)70(60)80(75,20-85(13,14)15)68(58)66(56)78(73,18-83(7,8)9)64(54)62(76)52(42)51/h16-20H2,1-15H3/q-1. The Morgan fingerprint density at radius 3 is 0.529 bits per heavy atom. The van der Waals surface area contributed by atoms with Gasteiger partial charge in [-0.2, -0.15) is 11.1 Å². The second kappa shape index (κ2) is 9.20. The third kappa shape index (κ3) is 2.62. The summed E-state index contributed by atoms with van der Waals surface area (Å²) in [5.74, 6) is 0. The molecule has 10 aliphatic carbocycles. The van der Waals surface area contributed by atoms with Gasteiger partial charge in [0.25, 0.3) is 0 Å². The highest BCUT2D eigenvalue weighted by molar-refractivity contribution is 6.82. The molecule has 32 rings (SSSR count). The van der Waals surface area contributed by atoms with E-state index in [-0.39, 0.29) is 27.1 Å². The molecular formula is C80H55Si5-. The second-order valence-corrected chi connectivity index (χ2v) is 66.2. The first-order valence-electron chi connectivity index (χ1n) is 33.5. The van der Waals surface area contributed by atoms with Crippen molar-refractivity contribution in [3.63, 3.8) is 0 Å². The molecule has 22 aromatic rings. The van der Waals surface area contributed by atoms with Crippen molar-refractivity contribution in [3.05, 3.63) is 83.5 Å². The van der Waals surface area contributed by atoms with E-state index in [4.69, 9.17) is 0 Å². The molecular weight excluding hydrogens is 1100 g/mol. The van der Waals surface area contributed by atoms with Gasteiger partial charge in [-0.1, -0.05) is 116 Å². The van der Waals surface area contributed by atoms with Gasteiger partial charge in [-0.3, -0.25) is 0 Å². The fourth-order valence-corrected chi connectivity index (χ4v) is 41.1. The van der Waals surface area contributed by atoms with Crippen LogP contribution < -0.4 is 0 Å². The summed E-state index contributed by atoms with van der Waals surface area (Å²) in [4.78, 5) is 0. The molecule has 0 bridgehead atoms. The number of rotatable bonds is 10. The van der Waals surface area contributed by atoms with Crippen LogP contribution in [0.5, 0.6) is 0 Å². The SMILES string of the molecule is C[Si](C)(C)CC12c3c4c5[c-]6c3C3(C[Si](C)(C)C)c7c1c1c8c2c2c9c%10c(c%11c%12c%13c(c%14c%15c%16c(c3c3c7c7c1c1c%17c8c9c8c9c%10c%12c%10c%12c%13c%15c%13c%15c%16c3c3c7c1c1c(c%178)c(c9%10)c(c%12%13)c1c3%15)C%146C[Si](C)(C)C)C%115C[Si](C)(C)C)C42C[Si](C)(C)C. The fraction of sp³-hybridized carbons (Fsp3) is 0.312. The molecule has 0 amide bonds. The summed E-state index contributed by atoms with van der Waals surface area (Å²) >= 11 is 0. The first kappa shape index (κ1) is 40.4. The highest BCUT2D eigenvalue weighted by atomic mass is 28.3. The smallest absolute Gasteiger partial charge is 0.0457 e. The molecule has 0 aromatic heterocycles. The molecule has 10 aliphatic rings. The predicted octanol–water partition coefficient (Wildman–Crippen LogP) is 22.5. The van der Waals surface area contributed by atoms with E-state index in [1.54, 1.807) is 162 Å². The Kier molecular flexibility index (Phi) is 4.37. The summed E-state index contributed by atoms with van der Waals surface area (Å²) in [7, 11) is -9.76. The van der Waals surface area contributed by atoms with E-state index < -0.39 is 40.4 Å². The summed E-state index contributed by atoms with van der Waals surface area (Å²) in [6.07, 6.45) is 0. The van der Waals surface area contributed by atoms with Gasteiger partial charge in [0, 0.05) is 56.6 Å². The molecule has 0 saturated heterocycles. The molecule has 396 valence electrons. The summed E-state index contributed by atoms with van der Waals surface area (Å²) in [6.45, 7) is 42.8. The summed E-state index contributed by atoms with van der Waals surface area (Å²) in [6, 6.07) is 6.64. The fourth-order valence-electron chi connectivity index (χ4n) is 30.5. The van der Waals surface area contributed by atoms with E-state index in [2.05, 4.69) is 98.2 Å². The van der Waals surface area contributed by atoms with E-state index >= 15 is 0 Å². The summed E-state index contributed by atoms with van der Waals surface area (Å²) in [5, 5.41) is 70.6. The highest BCUT2D eigenvalue weighted by Gasteiger charge is 2.75. The lowest BCUT2D eigenvalue weighted by Crippen LogP contribution is -2.54. The minimum atomic E-state index is -1.95. The molecule has 0 heterocycles. The van der Waals surface area contributed by atoms with Crippen LogP contribution in [0.25, 0.3) is 215 Å². The Bertz CT molecular complexity index is 6030. The molecule has 0 radical (unpaired) electrons.